The molecule has 0 aromatic carbocycles. The first-order valence-corrected chi connectivity index (χ1v) is 5.23. The highest BCUT2D eigenvalue weighted by molar-refractivity contribution is 7.71. The van der Waals surface area contributed by atoms with Gasteiger partial charge in [0.1, 0.15) is 0 Å². The Kier molecular flexibility index (Phi) is 2.83. The molecule has 0 bridgehead atoms. The van der Waals surface area contributed by atoms with Gasteiger partial charge in [-0.1, -0.05) is 0 Å². The number of aromatic nitrogens is 2. The molecule has 1 fully saturated rings. The van der Waals surface area contributed by atoms with Crippen LogP contribution in [0.1, 0.15) is 12.5 Å². The number of hydrogen-bond acceptors (Lipinski definition) is 5. The first-order chi connectivity index (χ1) is 7.50. The van der Waals surface area contributed by atoms with Crippen LogP contribution in [0, 0.1) is 4.77 Å². The number of hydrogen-bond donors (Lipinski definition) is 3. The van der Waals surface area contributed by atoms with Gasteiger partial charge in [0.15, 0.2) is 16.4 Å². The van der Waals surface area contributed by atoms with E-state index in [0.717, 1.165) is 0 Å². The van der Waals surface area contributed by atoms with Gasteiger partial charge in [0.25, 0.3) is 5.56 Å². The van der Waals surface area contributed by atoms with Crippen LogP contribution in [0.5, 0.6) is 5.88 Å². The van der Waals surface area contributed by atoms with Gasteiger partial charge in [0, 0.05) is 6.42 Å². The Morgan fingerprint density at radius 2 is 2.06 bits per heavy atom. The van der Waals surface area contributed by atoms with Crippen molar-refractivity contribution in [2.75, 3.05) is 13.2 Å². The van der Waals surface area contributed by atoms with E-state index in [1.807, 2.05) is 0 Å². The van der Waals surface area contributed by atoms with Crippen LogP contribution < -0.4 is 5.56 Å². The van der Waals surface area contributed by atoms with E-state index in [1.165, 1.54) is 0 Å². The van der Waals surface area contributed by atoms with Crippen molar-refractivity contribution >= 4 is 12.2 Å². The zero-order chi connectivity index (χ0) is 11.8. The molecule has 7 heteroatoms. The maximum absolute atomic E-state index is 11.6. The third-order valence-electron chi connectivity index (χ3n) is 2.41. The zero-order valence-corrected chi connectivity index (χ0v) is 9.52. The minimum absolute atomic E-state index is 0.0876. The molecule has 1 aromatic heterocycles. The Balaban J connectivity index is 2.35. The summed E-state index contributed by atoms with van der Waals surface area (Å²) in [6.45, 7) is 2.69. The Morgan fingerprint density at radius 1 is 1.44 bits per heavy atom. The van der Waals surface area contributed by atoms with Crippen LogP contribution in [0.4, 0.5) is 0 Å². The lowest BCUT2D eigenvalue weighted by molar-refractivity contribution is -0.140. The summed E-state index contributed by atoms with van der Waals surface area (Å²) in [6.07, 6.45) is 0.167. The second-order valence-corrected chi connectivity index (χ2v) is 4.15. The maximum Gasteiger partial charge on any atom is 0.258 e. The summed E-state index contributed by atoms with van der Waals surface area (Å²) >= 11 is 4.72. The van der Waals surface area contributed by atoms with Gasteiger partial charge in [-0.2, -0.15) is 0 Å². The highest BCUT2D eigenvalue weighted by Crippen LogP contribution is 2.24. The predicted octanol–water partition coefficient (Wildman–Crippen LogP) is 0.444. The molecule has 0 spiro atoms. The number of aromatic amines is 2. The van der Waals surface area contributed by atoms with Crippen LogP contribution in [0.3, 0.4) is 0 Å². The van der Waals surface area contributed by atoms with Crippen LogP contribution in [0.25, 0.3) is 0 Å². The molecule has 2 rings (SSSR count). The average Bonchev–Trinajstić information content (AvgIpc) is 2.59. The molecule has 0 aliphatic carbocycles. The van der Waals surface area contributed by atoms with Gasteiger partial charge in [-0.15, -0.1) is 0 Å². The summed E-state index contributed by atoms with van der Waals surface area (Å²) < 4.78 is 10.8. The van der Waals surface area contributed by atoms with E-state index in [9.17, 15) is 9.90 Å². The van der Waals surface area contributed by atoms with E-state index in [2.05, 4.69) is 9.97 Å². The van der Waals surface area contributed by atoms with E-state index in [-0.39, 0.29) is 22.6 Å². The van der Waals surface area contributed by atoms with Crippen LogP contribution in [-0.2, 0) is 15.9 Å². The molecule has 0 atom stereocenters. The van der Waals surface area contributed by atoms with E-state index < -0.39 is 11.3 Å². The van der Waals surface area contributed by atoms with Gasteiger partial charge in [-0.05, 0) is 19.1 Å². The third-order valence-corrected chi connectivity index (χ3v) is 2.62. The van der Waals surface area contributed by atoms with Gasteiger partial charge < -0.3 is 19.6 Å². The van der Waals surface area contributed by atoms with Crippen molar-refractivity contribution in [2.45, 2.75) is 19.1 Å². The molecule has 16 heavy (non-hydrogen) atoms. The highest BCUT2D eigenvalue weighted by Gasteiger charge is 2.33. The van der Waals surface area contributed by atoms with Gasteiger partial charge in [0.2, 0.25) is 0 Å². The first-order valence-electron chi connectivity index (χ1n) is 4.82. The van der Waals surface area contributed by atoms with Gasteiger partial charge in [0.05, 0.1) is 18.8 Å². The first kappa shape index (κ1) is 11.3. The summed E-state index contributed by atoms with van der Waals surface area (Å²) in [4.78, 5) is 16.5. The van der Waals surface area contributed by atoms with Crippen LogP contribution in [-0.4, -0.2) is 34.1 Å². The molecule has 1 saturated heterocycles. The summed E-state index contributed by atoms with van der Waals surface area (Å²) in [5.41, 5.74) is -0.250. The monoisotopic (exact) mass is 244 g/mol. The SMILES string of the molecule is CC1(Cc2c(O)[nH]c(=S)[nH]c2=O)OCCO1. The van der Waals surface area contributed by atoms with Crippen molar-refractivity contribution < 1.29 is 14.6 Å². The molecule has 0 saturated carbocycles. The topological polar surface area (TPSA) is 87.3 Å². The van der Waals surface area contributed by atoms with Gasteiger partial charge >= 0.3 is 0 Å². The smallest absolute Gasteiger partial charge is 0.258 e. The van der Waals surface area contributed by atoms with Crippen LogP contribution in [0.2, 0.25) is 0 Å². The van der Waals surface area contributed by atoms with Gasteiger partial charge in [-0.25, -0.2) is 0 Å². The van der Waals surface area contributed by atoms with Crippen molar-refractivity contribution in [3.8, 4) is 5.88 Å². The maximum atomic E-state index is 11.6. The lowest BCUT2D eigenvalue weighted by atomic mass is 10.1. The van der Waals surface area contributed by atoms with Gasteiger partial charge in [-0.3, -0.25) is 9.78 Å². The van der Waals surface area contributed by atoms with Crippen molar-refractivity contribution in [3.63, 3.8) is 0 Å². The minimum Gasteiger partial charge on any atom is -0.494 e. The summed E-state index contributed by atoms with van der Waals surface area (Å²) in [5.74, 6) is -1.10. The fourth-order valence-corrected chi connectivity index (χ4v) is 1.83. The molecule has 1 aliphatic heterocycles. The number of aromatic hydroxyl groups is 1. The summed E-state index contributed by atoms with van der Waals surface area (Å²) in [5, 5.41) is 9.59. The molecule has 0 radical (unpaired) electrons. The van der Waals surface area contributed by atoms with Crippen molar-refractivity contribution in [1.29, 1.82) is 0 Å². The molecular weight excluding hydrogens is 232 g/mol. The number of rotatable bonds is 2. The molecule has 0 amide bonds. The Labute approximate surface area is 96.2 Å². The average molecular weight is 244 g/mol. The minimum atomic E-state index is -0.860. The Hall–Kier alpha value is -1.18. The second kappa shape index (κ2) is 4.00. The lowest BCUT2D eigenvalue weighted by Gasteiger charge is -2.21. The largest absolute Gasteiger partial charge is 0.494 e. The van der Waals surface area contributed by atoms with E-state index in [1.54, 1.807) is 6.92 Å². The normalized spacial score (nSPS) is 18.8. The lowest BCUT2D eigenvalue weighted by Crippen LogP contribution is -2.32. The van der Waals surface area contributed by atoms with E-state index >= 15 is 0 Å². The van der Waals surface area contributed by atoms with Crippen LogP contribution in [0.15, 0.2) is 4.79 Å². The molecule has 0 unspecified atom stereocenters. The number of H-pyrrole nitrogens is 2. The standard InChI is InChI=1S/C9H12N2O4S/c1-9(14-2-3-15-9)4-5-6(12)10-8(16)11-7(5)13/h2-4H2,1H3,(H3,10,11,12,13,16). The third kappa shape index (κ3) is 2.16. The molecular formula is C9H12N2O4S. The van der Waals surface area contributed by atoms with E-state index in [4.69, 9.17) is 21.7 Å². The molecule has 88 valence electrons. The summed E-state index contributed by atoms with van der Waals surface area (Å²) in [6, 6.07) is 0. The Morgan fingerprint density at radius 3 is 2.62 bits per heavy atom. The second-order valence-electron chi connectivity index (χ2n) is 3.74. The fourth-order valence-electron chi connectivity index (χ4n) is 1.64. The van der Waals surface area contributed by atoms with Crippen molar-refractivity contribution in [1.82, 2.24) is 9.97 Å². The molecule has 3 N–H and O–H groups in total. The number of nitrogens with one attached hydrogen (secondary N) is 2. The Bertz CT molecular complexity index is 501. The molecule has 6 nitrogen and oxygen atoms in total. The molecule has 1 aliphatic rings. The van der Waals surface area contributed by atoms with Crippen molar-refractivity contribution in [2.24, 2.45) is 0 Å². The highest BCUT2D eigenvalue weighted by atomic mass is 32.1. The quantitative estimate of drug-likeness (QED) is 0.657. The predicted molar refractivity (Wildman–Crippen MR) is 57.9 cm³/mol. The van der Waals surface area contributed by atoms with E-state index in [0.29, 0.717) is 13.2 Å². The molecule has 1 aromatic rings. The fraction of sp³-hybridized carbons (Fsp3) is 0.556. The zero-order valence-electron chi connectivity index (χ0n) is 8.70. The summed E-state index contributed by atoms with van der Waals surface area (Å²) in [7, 11) is 0. The van der Waals surface area contributed by atoms with Crippen molar-refractivity contribution in [3.05, 3.63) is 20.7 Å². The molecule has 2 heterocycles. The van der Waals surface area contributed by atoms with Crippen LogP contribution >= 0.6 is 12.2 Å². The number of ether oxygens (including phenoxy) is 2.